The molecule has 1 aromatic carbocycles. The number of methoxy groups -OCH3 is 1. The van der Waals surface area contributed by atoms with Crippen LogP contribution < -0.4 is 14.2 Å². The molecule has 0 aliphatic heterocycles. The quantitative estimate of drug-likeness (QED) is 0.546. The van der Waals surface area contributed by atoms with Crippen LogP contribution in [-0.4, -0.2) is 39.3 Å². The molecule has 1 aromatic rings. The van der Waals surface area contributed by atoms with Gasteiger partial charge in [-0.3, -0.25) is 4.79 Å². The second kappa shape index (κ2) is 10.9. The highest BCUT2D eigenvalue weighted by Crippen LogP contribution is 2.41. The third-order valence-corrected chi connectivity index (χ3v) is 3.01. The molecule has 0 saturated carbocycles. The number of carbonyl (C=O) groups excluding carboxylic acids is 1. The van der Waals surface area contributed by atoms with Crippen LogP contribution in [0.25, 0.3) is 0 Å². The topological polar surface area (TPSA) is 54.0 Å². The summed E-state index contributed by atoms with van der Waals surface area (Å²) in [7, 11) is 1.50. The van der Waals surface area contributed by atoms with Crippen molar-refractivity contribution in [2.45, 2.75) is 40.0 Å². The van der Waals surface area contributed by atoms with Gasteiger partial charge in [0, 0.05) is 7.11 Å². The molecular formula is C18H28O5. The molecule has 0 unspecified atom stereocenters. The summed E-state index contributed by atoms with van der Waals surface area (Å²) < 4.78 is 22.4. The van der Waals surface area contributed by atoms with Crippen molar-refractivity contribution in [1.82, 2.24) is 0 Å². The summed E-state index contributed by atoms with van der Waals surface area (Å²) in [5.41, 5.74) is 0.468. The SMILES string of the molecule is CCCOc1ccc(C(=O)COC)c(OCCC)c1OCCC. The first-order chi connectivity index (χ1) is 11.2. The van der Waals surface area contributed by atoms with E-state index in [1.807, 2.05) is 20.8 Å². The molecule has 5 nitrogen and oxygen atoms in total. The Morgan fingerprint density at radius 1 is 0.870 bits per heavy atom. The first-order valence-corrected chi connectivity index (χ1v) is 8.27. The molecule has 0 spiro atoms. The fourth-order valence-electron chi connectivity index (χ4n) is 1.99. The highest BCUT2D eigenvalue weighted by atomic mass is 16.5. The smallest absolute Gasteiger partial charge is 0.204 e. The van der Waals surface area contributed by atoms with Crippen LogP contribution in [0.1, 0.15) is 50.4 Å². The third kappa shape index (κ3) is 5.75. The summed E-state index contributed by atoms with van der Waals surface area (Å²) in [6.45, 7) is 7.71. The minimum Gasteiger partial charge on any atom is -0.490 e. The summed E-state index contributed by atoms with van der Waals surface area (Å²) in [4.78, 5) is 12.3. The maximum atomic E-state index is 12.3. The lowest BCUT2D eigenvalue weighted by Gasteiger charge is -2.19. The zero-order chi connectivity index (χ0) is 17.1. The molecule has 0 aliphatic rings. The van der Waals surface area contributed by atoms with E-state index in [2.05, 4.69) is 0 Å². The maximum absolute atomic E-state index is 12.3. The van der Waals surface area contributed by atoms with Crippen molar-refractivity contribution in [2.24, 2.45) is 0 Å². The minimum atomic E-state index is -0.137. The minimum absolute atomic E-state index is 0.00483. The molecule has 0 radical (unpaired) electrons. The van der Waals surface area contributed by atoms with Gasteiger partial charge >= 0.3 is 0 Å². The second-order valence-corrected chi connectivity index (χ2v) is 5.17. The number of hydrogen-bond acceptors (Lipinski definition) is 5. The zero-order valence-electron chi connectivity index (χ0n) is 14.6. The predicted molar refractivity (Wildman–Crippen MR) is 90.0 cm³/mol. The van der Waals surface area contributed by atoms with Gasteiger partial charge in [-0.1, -0.05) is 20.8 Å². The predicted octanol–water partition coefficient (Wildman–Crippen LogP) is 3.88. The largest absolute Gasteiger partial charge is 0.490 e. The molecule has 5 heteroatoms. The Hall–Kier alpha value is -1.75. The highest BCUT2D eigenvalue weighted by molar-refractivity contribution is 6.00. The van der Waals surface area contributed by atoms with Crippen LogP contribution in [0.5, 0.6) is 17.2 Å². The van der Waals surface area contributed by atoms with E-state index in [1.54, 1.807) is 12.1 Å². The van der Waals surface area contributed by atoms with Gasteiger partial charge in [0.25, 0.3) is 0 Å². The molecule has 0 atom stereocenters. The maximum Gasteiger partial charge on any atom is 0.204 e. The van der Waals surface area contributed by atoms with E-state index in [9.17, 15) is 4.79 Å². The standard InChI is InChI=1S/C18H28O5/c1-5-10-21-16-9-8-14(15(19)13-20-4)17(22-11-6-2)18(16)23-12-7-3/h8-9H,5-7,10-13H2,1-4H3. The van der Waals surface area contributed by atoms with Gasteiger partial charge in [0.1, 0.15) is 6.61 Å². The van der Waals surface area contributed by atoms with Crippen molar-refractivity contribution in [3.05, 3.63) is 17.7 Å². The molecule has 0 heterocycles. The summed E-state index contributed by atoms with van der Waals surface area (Å²) in [6.07, 6.45) is 2.59. The number of Topliss-reactive ketones (excluding diaryl/α,β-unsaturated/α-hetero) is 1. The summed E-state index contributed by atoms with van der Waals surface area (Å²) >= 11 is 0. The highest BCUT2D eigenvalue weighted by Gasteiger charge is 2.22. The Bertz CT molecular complexity index is 485. The Morgan fingerprint density at radius 2 is 1.43 bits per heavy atom. The van der Waals surface area contributed by atoms with Crippen LogP contribution >= 0.6 is 0 Å². The number of ether oxygens (including phenoxy) is 4. The van der Waals surface area contributed by atoms with Crippen molar-refractivity contribution >= 4 is 5.78 Å². The van der Waals surface area contributed by atoms with Crippen molar-refractivity contribution in [3.8, 4) is 17.2 Å². The summed E-state index contributed by atoms with van der Waals surface area (Å²) in [6, 6.07) is 3.48. The average Bonchev–Trinajstić information content (AvgIpc) is 2.56. The lowest BCUT2D eigenvalue weighted by Crippen LogP contribution is -2.12. The molecule has 1 rings (SSSR count). The fourth-order valence-corrected chi connectivity index (χ4v) is 1.99. The van der Waals surface area contributed by atoms with Gasteiger partial charge < -0.3 is 18.9 Å². The summed E-state index contributed by atoms with van der Waals surface area (Å²) in [5, 5.41) is 0. The van der Waals surface area contributed by atoms with Gasteiger partial charge in [0.2, 0.25) is 5.75 Å². The molecule has 0 aromatic heterocycles. The van der Waals surface area contributed by atoms with Gasteiger partial charge in [-0.2, -0.15) is 0 Å². The van der Waals surface area contributed by atoms with E-state index in [-0.39, 0.29) is 12.4 Å². The Morgan fingerprint density at radius 3 is 2.00 bits per heavy atom. The molecular weight excluding hydrogens is 296 g/mol. The van der Waals surface area contributed by atoms with E-state index in [0.717, 1.165) is 19.3 Å². The van der Waals surface area contributed by atoms with Gasteiger partial charge in [-0.15, -0.1) is 0 Å². The second-order valence-electron chi connectivity index (χ2n) is 5.17. The molecule has 130 valence electrons. The first-order valence-electron chi connectivity index (χ1n) is 8.27. The molecule has 0 bridgehead atoms. The van der Waals surface area contributed by atoms with Crippen LogP contribution in [-0.2, 0) is 4.74 Å². The van der Waals surface area contributed by atoms with E-state index in [0.29, 0.717) is 42.6 Å². The normalized spacial score (nSPS) is 10.4. The van der Waals surface area contributed by atoms with Crippen molar-refractivity contribution < 1.29 is 23.7 Å². The van der Waals surface area contributed by atoms with Gasteiger partial charge in [0.15, 0.2) is 17.3 Å². The number of benzene rings is 1. The van der Waals surface area contributed by atoms with Crippen LogP contribution in [0.15, 0.2) is 12.1 Å². The van der Waals surface area contributed by atoms with Crippen molar-refractivity contribution in [1.29, 1.82) is 0 Å². The summed E-state index contributed by atoms with van der Waals surface area (Å²) in [5.74, 6) is 1.44. The Labute approximate surface area is 138 Å². The fraction of sp³-hybridized carbons (Fsp3) is 0.611. The third-order valence-electron chi connectivity index (χ3n) is 3.01. The van der Waals surface area contributed by atoms with E-state index < -0.39 is 0 Å². The van der Waals surface area contributed by atoms with Gasteiger partial charge in [-0.05, 0) is 31.4 Å². The van der Waals surface area contributed by atoms with Crippen molar-refractivity contribution in [2.75, 3.05) is 33.5 Å². The average molecular weight is 324 g/mol. The molecule has 0 amide bonds. The van der Waals surface area contributed by atoms with Crippen LogP contribution in [0, 0.1) is 0 Å². The molecule has 0 fully saturated rings. The van der Waals surface area contributed by atoms with Gasteiger partial charge in [-0.25, -0.2) is 0 Å². The first kappa shape index (κ1) is 19.3. The lowest BCUT2D eigenvalue weighted by molar-refractivity contribution is 0.0842. The molecule has 0 saturated heterocycles. The van der Waals surface area contributed by atoms with Crippen LogP contribution in [0.2, 0.25) is 0 Å². The lowest BCUT2D eigenvalue weighted by atomic mass is 10.1. The van der Waals surface area contributed by atoms with E-state index in [4.69, 9.17) is 18.9 Å². The monoisotopic (exact) mass is 324 g/mol. The number of rotatable bonds is 12. The van der Waals surface area contributed by atoms with Crippen molar-refractivity contribution in [3.63, 3.8) is 0 Å². The number of hydrogen-bond donors (Lipinski definition) is 0. The van der Waals surface area contributed by atoms with E-state index in [1.165, 1.54) is 7.11 Å². The van der Waals surface area contributed by atoms with Gasteiger partial charge in [0.05, 0.1) is 25.4 Å². The van der Waals surface area contributed by atoms with Crippen LogP contribution in [0.3, 0.4) is 0 Å². The molecule has 23 heavy (non-hydrogen) atoms. The van der Waals surface area contributed by atoms with E-state index >= 15 is 0 Å². The molecule has 0 N–H and O–H groups in total. The Balaban J connectivity index is 3.26. The number of ketones is 1. The van der Waals surface area contributed by atoms with Crippen LogP contribution in [0.4, 0.5) is 0 Å². The zero-order valence-corrected chi connectivity index (χ0v) is 14.6. The number of carbonyl (C=O) groups is 1. The molecule has 0 aliphatic carbocycles. The Kier molecular flexibility index (Phi) is 9.14.